The van der Waals surface area contributed by atoms with E-state index in [1.165, 1.54) is 7.11 Å². The van der Waals surface area contributed by atoms with Crippen LogP contribution in [0.1, 0.15) is 5.56 Å². The largest absolute Gasteiger partial charge is 0.495 e. The van der Waals surface area contributed by atoms with Crippen LogP contribution in [0, 0.1) is 23.5 Å². The fraction of sp³-hybridized carbons (Fsp3) is 0.200. The molecule has 4 heteroatoms. The molecule has 0 fully saturated rings. The Hall–Kier alpha value is -1.60. The van der Waals surface area contributed by atoms with E-state index < -0.39 is 11.6 Å². The number of ether oxygens (including phenoxy) is 1. The van der Waals surface area contributed by atoms with Crippen molar-refractivity contribution in [2.75, 3.05) is 13.7 Å². The Morgan fingerprint density at radius 2 is 2.00 bits per heavy atom. The van der Waals surface area contributed by atoms with Crippen LogP contribution < -0.4 is 10.5 Å². The monoisotopic (exact) mass is 197 g/mol. The van der Waals surface area contributed by atoms with Crippen molar-refractivity contribution < 1.29 is 13.5 Å². The zero-order valence-corrected chi connectivity index (χ0v) is 7.60. The quantitative estimate of drug-likeness (QED) is 0.688. The van der Waals surface area contributed by atoms with Crippen LogP contribution in [0.2, 0.25) is 0 Å². The number of methoxy groups -OCH3 is 1. The van der Waals surface area contributed by atoms with E-state index >= 15 is 0 Å². The lowest BCUT2D eigenvalue weighted by Crippen LogP contribution is -1.95. The Bertz CT molecular complexity index is 393. The molecular formula is C10H9F2NO. The first kappa shape index (κ1) is 10.5. The molecule has 0 atom stereocenters. The average Bonchev–Trinajstić information content (AvgIpc) is 2.19. The molecule has 0 saturated heterocycles. The van der Waals surface area contributed by atoms with Gasteiger partial charge in [-0.15, -0.1) is 0 Å². The van der Waals surface area contributed by atoms with E-state index in [2.05, 4.69) is 11.8 Å². The normalized spacial score (nSPS) is 9.14. The molecular weight excluding hydrogens is 188 g/mol. The van der Waals surface area contributed by atoms with Gasteiger partial charge in [-0.05, 0) is 6.07 Å². The second-order valence-electron chi connectivity index (χ2n) is 2.47. The molecule has 1 rings (SSSR count). The van der Waals surface area contributed by atoms with E-state index in [0.29, 0.717) is 0 Å². The third-order valence-corrected chi connectivity index (χ3v) is 1.57. The Labute approximate surface area is 80.7 Å². The molecule has 14 heavy (non-hydrogen) atoms. The lowest BCUT2D eigenvalue weighted by Gasteiger charge is -2.03. The van der Waals surface area contributed by atoms with Crippen LogP contribution >= 0.6 is 0 Å². The van der Waals surface area contributed by atoms with Crippen LogP contribution in [0.4, 0.5) is 8.78 Å². The smallest absolute Gasteiger partial charge is 0.162 e. The summed E-state index contributed by atoms with van der Waals surface area (Å²) >= 11 is 0. The summed E-state index contributed by atoms with van der Waals surface area (Å²) in [5.74, 6) is 3.41. The lowest BCUT2D eigenvalue weighted by atomic mass is 10.2. The van der Waals surface area contributed by atoms with Gasteiger partial charge in [-0.1, -0.05) is 11.8 Å². The third kappa shape index (κ3) is 2.21. The van der Waals surface area contributed by atoms with Crippen molar-refractivity contribution in [3.63, 3.8) is 0 Å². The second-order valence-corrected chi connectivity index (χ2v) is 2.47. The maximum atomic E-state index is 12.8. The van der Waals surface area contributed by atoms with Crippen molar-refractivity contribution in [3.05, 3.63) is 29.3 Å². The highest BCUT2D eigenvalue weighted by Gasteiger charge is 2.08. The molecule has 0 aromatic heterocycles. The van der Waals surface area contributed by atoms with Gasteiger partial charge in [0, 0.05) is 6.07 Å². The third-order valence-electron chi connectivity index (χ3n) is 1.57. The summed E-state index contributed by atoms with van der Waals surface area (Å²) in [6.45, 7) is 0.155. The maximum absolute atomic E-state index is 12.8. The Kier molecular flexibility index (Phi) is 3.43. The summed E-state index contributed by atoms with van der Waals surface area (Å²) in [4.78, 5) is 0. The predicted octanol–water partition coefficient (Wildman–Crippen LogP) is 1.28. The van der Waals surface area contributed by atoms with Crippen molar-refractivity contribution in [3.8, 4) is 17.6 Å². The van der Waals surface area contributed by atoms with Crippen LogP contribution in [0.5, 0.6) is 5.75 Å². The number of hydrogen-bond acceptors (Lipinski definition) is 2. The van der Waals surface area contributed by atoms with Crippen LogP contribution in [0.15, 0.2) is 12.1 Å². The summed E-state index contributed by atoms with van der Waals surface area (Å²) in [7, 11) is 1.36. The van der Waals surface area contributed by atoms with Gasteiger partial charge in [0.1, 0.15) is 5.75 Å². The first-order valence-electron chi connectivity index (χ1n) is 3.91. The number of rotatable bonds is 1. The highest BCUT2D eigenvalue weighted by Crippen LogP contribution is 2.20. The Morgan fingerprint density at radius 1 is 1.36 bits per heavy atom. The van der Waals surface area contributed by atoms with Gasteiger partial charge >= 0.3 is 0 Å². The first-order chi connectivity index (χ1) is 6.69. The van der Waals surface area contributed by atoms with Crippen molar-refractivity contribution >= 4 is 0 Å². The second kappa shape index (κ2) is 4.58. The topological polar surface area (TPSA) is 35.2 Å². The van der Waals surface area contributed by atoms with Gasteiger partial charge in [0.25, 0.3) is 0 Å². The van der Waals surface area contributed by atoms with Gasteiger partial charge in [-0.3, -0.25) is 0 Å². The Morgan fingerprint density at radius 3 is 2.57 bits per heavy atom. The standard InChI is InChI=1S/C10H9F2NO/c1-14-10-6-9(12)8(11)5-7(10)3-2-4-13/h5-6H,4,13H2,1H3. The average molecular weight is 197 g/mol. The number of nitrogens with two attached hydrogens (primary N) is 1. The maximum Gasteiger partial charge on any atom is 0.162 e. The summed E-state index contributed by atoms with van der Waals surface area (Å²) in [6.07, 6.45) is 0. The molecule has 0 aliphatic rings. The predicted molar refractivity (Wildman–Crippen MR) is 48.8 cm³/mol. The molecule has 0 spiro atoms. The summed E-state index contributed by atoms with van der Waals surface area (Å²) in [5.41, 5.74) is 5.44. The van der Waals surface area contributed by atoms with E-state index in [0.717, 1.165) is 12.1 Å². The SMILES string of the molecule is COc1cc(F)c(F)cc1C#CCN. The molecule has 74 valence electrons. The molecule has 2 nitrogen and oxygen atoms in total. The summed E-state index contributed by atoms with van der Waals surface area (Å²) < 4.78 is 30.4. The van der Waals surface area contributed by atoms with Crippen molar-refractivity contribution in [2.24, 2.45) is 5.73 Å². The molecule has 0 amide bonds. The van der Waals surface area contributed by atoms with Crippen molar-refractivity contribution in [2.45, 2.75) is 0 Å². The van der Waals surface area contributed by atoms with Gasteiger partial charge in [0.2, 0.25) is 0 Å². The van der Waals surface area contributed by atoms with Crippen molar-refractivity contribution in [1.29, 1.82) is 0 Å². The molecule has 0 heterocycles. The Balaban J connectivity index is 3.20. The van der Waals surface area contributed by atoms with E-state index in [-0.39, 0.29) is 17.9 Å². The van der Waals surface area contributed by atoms with Crippen LogP contribution in [0.25, 0.3) is 0 Å². The summed E-state index contributed by atoms with van der Waals surface area (Å²) in [6, 6.07) is 1.94. The highest BCUT2D eigenvalue weighted by molar-refractivity contribution is 5.46. The van der Waals surface area contributed by atoms with E-state index in [4.69, 9.17) is 10.5 Å². The van der Waals surface area contributed by atoms with Crippen molar-refractivity contribution in [1.82, 2.24) is 0 Å². The number of benzene rings is 1. The van der Waals surface area contributed by atoms with Gasteiger partial charge in [-0.2, -0.15) is 0 Å². The van der Waals surface area contributed by atoms with E-state index in [9.17, 15) is 8.78 Å². The minimum Gasteiger partial charge on any atom is -0.495 e. The van der Waals surface area contributed by atoms with Crippen LogP contribution in [-0.2, 0) is 0 Å². The molecule has 2 N–H and O–H groups in total. The molecule has 1 aromatic carbocycles. The molecule has 0 saturated carbocycles. The molecule has 0 unspecified atom stereocenters. The minimum absolute atomic E-state index is 0.155. The van der Waals surface area contributed by atoms with Crippen LogP contribution in [-0.4, -0.2) is 13.7 Å². The zero-order chi connectivity index (χ0) is 10.6. The first-order valence-corrected chi connectivity index (χ1v) is 3.91. The number of hydrogen-bond donors (Lipinski definition) is 1. The summed E-state index contributed by atoms with van der Waals surface area (Å²) in [5, 5.41) is 0. The molecule has 0 bridgehead atoms. The van der Waals surface area contributed by atoms with E-state index in [1.54, 1.807) is 0 Å². The molecule has 0 aliphatic heterocycles. The fourth-order valence-electron chi connectivity index (χ4n) is 0.941. The molecule has 0 aliphatic carbocycles. The van der Waals surface area contributed by atoms with E-state index in [1.807, 2.05) is 0 Å². The molecule has 1 aromatic rings. The minimum atomic E-state index is -0.958. The fourth-order valence-corrected chi connectivity index (χ4v) is 0.941. The molecule has 0 radical (unpaired) electrons. The number of halogens is 2. The van der Waals surface area contributed by atoms with Gasteiger partial charge < -0.3 is 10.5 Å². The van der Waals surface area contributed by atoms with Gasteiger partial charge in [-0.25, -0.2) is 8.78 Å². The van der Waals surface area contributed by atoms with Gasteiger partial charge in [0.15, 0.2) is 11.6 Å². The lowest BCUT2D eigenvalue weighted by molar-refractivity contribution is 0.405. The van der Waals surface area contributed by atoms with Crippen LogP contribution in [0.3, 0.4) is 0 Å². The highest BCUT2D eigenvalue weighted by atomic mass is 19.2. The van der Waals surface area contributed by atoms with Gasteiger partial charge in [0.05, 0.1) is 19.2 Å². The zero-order valence-electron chi connectivity index (χ0n) is 7.60.